The topological polar surface area (TPSA) is 44.8 Å². The van der Waals surface area contributed by atoms with E-state index in [0.29, 0.717) is 13.2 Å². The molecule has 0 radical (unpaired) electrons. The van der Waals surface area contributed by atoms with Gasteiger partial charge in [-0.2, -0.15) is 0 Å². The molecule has 4 nitrogen and oxygen atoms in total. The largest absolute Gasteiger partial charge is 0.465 e. The highest BCUT2D eigenvalue weighted by Gasteiger charge is 2.26. The van der Waals surface area contributed by atoms with Crippen molar-refractivity contribution >= 4 is 5.97 Å². The lowest BCUT2D eigenvalue weighted by atomic mass is 10.1. The highest BCUT2D eigenvalue weighted by molar-refractivity contribution is 5.74. The maximum atomic E-state index is 11.1. The van der Waals surface area contributed by atoms with Crippen LogP contribution < -0.4 is 0 Å². The van der Waals surface area contributed by atoms with Crippen molar-refractivity contribution in [2.75, 3.05) is 19.8 Å². The number of ether oxygens (including phenoxy) is 3. The Bertz CT molecular complexity index is 211. The van der Waals surface area contributed by atoms with E-state index in [1.165, 1.54) is 6.42 Å². The van der Waals surface area contributed by atoms with E-state index >= 15 is 0 Å². The molecule has 2 aliphatic rings. The summed E-state index contributed by atoms with van der Waals surface area (Å²) in [4.78, 5) is 11.1. The van der Waals surface area contributed by atoms with Gasteiger partial charge in [0.2, 0.25) is 0 Å². The van der Waals surface area contributed by atoms with Gasteiger partial charge in [0.05, 0.1) is 19.1 Å². The Kier molecular flexibility index (Phi) is 3.97. The summed E-state index contributed by atoms with van der Waals surface area (Å²) in [6.07, 6.45) is 4.85. The van der Waals surface area contributed by atoms with E-state index in [-0.39, 0.29) is 18.2 Å². The van der Waals surface area contributed by atoms with Gasteiger partial charge in [0.15, 0.2) is 6.29 Å². The summed E-state index contributed by atoms with van der Waals surface area (Å²) >= 11 is 0. The number of esters is 1. The van der Waals surface area contributed by atoms with Crippen LogP contribution in [0, 0.1) is 5.92 Å². The molecule has 0 aromatic rings. The van der Waals surface area contributed by atoms with Crippen LogP contribution in [-0.2, 0) is 19.0 Å². The molecule has 0 N–H and O–H groups in total. The van der Waals surface area contributed by atoms with Crippen LogP contribution in [0.1, 0.15) is 32.1 Å². The Morgan fingerprint density at radius 1 is 1.27 bits per heavy atom. The zero-order chi connectivity index (χ0) is 10.5. The number of carbonyl (C=O) groups is 1. The lowest BCUT2D eigenvalue weighted by Gasteiger charge is -2.22. The zero-order valence-corrected chi connectivity index (χ0v) is 8.94. The second-order valence-electron chi connectivity index (χ2n) is 4.11. The molecule has 0 amide bonds. The monoisotopic (exact) mass is 214 g/mol. The zero-order valence-electron chi connectivity index (χ0n) is 8.94. The van der Waals surface area contributed by atoms with Gasteiger partial charge < -0.3 is 14.2 Å². The van der Waals surface area contributed by atoms with E-state index < -0.39 is 0 Å². The molecule has 0 saturated carbocycles. The fourth-order valence-electron chi connectivity index (χ4n) is 1.98. The maximum absolute atomic E-state index is 11.1. The molecule has 0 aromatic heterocycles. The lowest BCUT2D eigenvalue weighted by molar-refractivity contribution is -0.165. The van der Waals surface area contributed by atoms with Gasteiger partial charge in [-0.25, -0.2) is 0 Å². The first-order chi connectivity index (χ1) is 7.36. The van der Waals surface area contributed by atoms with Crippen LogP contribution in [0.5, 0.6) is 0 Å². The molecule has 0 spiro atoms. The van der Waals surface area contributed by atoms with Gasteiger partial charge in [-0.15, -0.1) is 0 Å². The fourth-order valence-corrected chi connectivity index (χ4v) is 1.98. The van der Waals surface area contributed by atoms with Gasteiger partial charge in [0.1, 0.15) is 0 Å². The summed E-state index contributed by atoms with van der Waals surface area (Å²) < 4.78 is 15.9. The number of hydrogen-bond donors (Lipinski definition) is 0. The van der Waals surface area contributed by atoms with E-state index in [9.17, 15) is 4.79 Å². The molecule has 2 rings (SSSR count). The summed E-state index contributed by atoms with van der Waals surface area (Å²) in [5, 5.41) is 0. The molecule has 0 unspecified atom stereocenters. The first-order valence-electron chi connectivity index (χ1n) is 5.76. The van der Waals surface area contributed by atoms with Crippen molar-refractivity contribution in [2.24, 2.45) is 5.92 Å². The van der Waals surface area contributed by atoms with E-state index in [4.69, 9.17) is 14.2 Å². The van der Waals surface area contributed by atoms with Crippen molar-refractivity contribution in [2.45, 2.75) is 38.4 Å². The Hall–Kier alpha value is -0.610. The second kappa shape index (κ2) is 5.47. The van der Waals surface area contributed by atoms with Gasteiger partial charge in [0.25, 0.3) is 0 Å². The second-order valence-corrected chi connectivity index (χ2v) is 4.11. The summed E-state index contributed by atoms with van der Waals surface area (Å²) in [5.41, 5.74) is 0. The van der Waals surface area contributed by atoms with Crippen molar-refractivity contribution in [3.8, 4) is 0 Å². The minimum atomic E-state index is -0.0665. The van der Waals surface area contributed by atoms with Crippen molar-refractivity contribution in [1.29, 1.82) is 0 Å². The van der Waals surface area contributed by atoms with Crippen LogP contribution in [0.25, 0.3) is 0 Å². The Labute approximate surface area is 89.9 Å². The standard InChI is InChI=1S/C11H18O4/c12-11-9(5-8-15-11)4-7-14-10-3-1-2-6-13-10/h9-10H,1-8H2/t9-,10+/m1/s1. The molecule has 0 aliphatic carbocycles. The van der Waals surface area contributed by atoms with Gasteiger partial charge in [-0.3, -0.25) is 4.79 Å². The molecule has 2 heterocycles. The summed E-state index contributed by atoms with van der Waals surface area (Å²) in [6.45, 7) is 1.98. The van der Waals surface area contributed by atoms with E-state index in [0.717, 1.165) is 32.3 Å². The highest BCUT2D eigenvalue weighted by Crippen LogP contribution is 2.19. The van der Waals surface area contributed by atoms with E-state index in [1.54, 1.807) is 0 Å². The first-order valence-corrected chi connectivity index (χ1v) is 5.76. The van der Waals surface area contributed by atoms with Crippen LogP contribution in [-0.4, -0.2) is 32.1 Å². The third kappa shape index (κ3) is 3.18. The van der Waals surface area contributed by atoms with Crippen molar-refractivity contribution in [3.05, 3.63) is 0 Å². The normalized spacial score (nSPS) is 31.6. The molecule has 2 fully saturated rings. The van der Waals surface area contributed by atoms with Crippen LogP contribution >= 0.6 is 0 Å². The average Bonchev–Trinajstić information content (AvgIpc) is 2.66. The SMILES string of the molecule is O=C1OCC[C@H]1CCO[C@H]1CCCCO1. The molecule has 86 valence electrons. The minimum Gasteiger partial charge on any atom is -0.465 e. The van der Waals surface area contributed by atoms with Crippen LogP contribution in [0.4, 0.5) is 0 Å². The molecule has 15 heavy (non-hydrogen) atoms. The predicted octanol–water partition coefficient (Wildman–Crippen LogP) is 1.48. The molecule has 2 atom stereocenters. The lowest BCUT2D eigenvalue weighted by Crippen LogP contribution is -2.23. The fraction of sp³-hybridized carbons (Fsp3) is 0.909. The smallest absolute Gasteiger partial charge is 0.309 e. The van der Waals surface area contributed by atoms with Crippen molar-refractivity contribution in [1.82, 2.24) is 0 Å². The summed E-state index contributed by atoms with van der Waals surface area (Å²) in [6, 6.07) is 0. The molecule has 2 aliphatic heterocycles. The Morgan fingerprint density at radius 2 is 2.20 bits per heavy atom. The van der Waals surface area contributed by atoms with Gasteiger partial charge >= 0.3 is 5.97 Å². The van der Waals surface area contributed by atoms with Gasteiger partial charge in [0, 0.05) is 6.61 Å². The summed E-state index contributed by atoms with van der Waals surface area (Å²) in [5.74, 6) is -0.0169. The number of carbonyl (C=O) groups excluding carboxylic acids is 1. The van der Waals surface area contributed by atoms with Crippen LogP contribution in [0.2, 0.25) is 0 Å². The molecular weight excluding hydrogens is 196 g/mol. The molecule has 2 saturated heterocycles. The average molecular weight is 214 g/mol. The third-order valence-corrected chi connectivity index (χ3v) is 2.95. The number of cyclic esters (lactones) is 1. The Balaban J connectivity index is 1.59. The van der Waals surface area contributed by atoms with Gasteiger partial charge in [-0.1, -0.05) is 0 Å². The number of rotatable bonds is 4. The molecule has 0 bridgehead atoms. The highest BCUT2D eigenvalue weighted by atomic mass is 16.7. The van der Waals surface area contributed by atoms with E-state index in [1.807, 2.05) is 0 Å². The van der Waals surface area contributed by atoms with Crippen LogP contribution in [0.15, 0.2) is 0 Å². The summed E-state index contributed by atoms with van der Waals surface area (Å²) in [7, 11) is 0. The Morgan fingerprint density at radius 3 is 2.87 bits per heavy atom. The minimum absolute atomic E-state index is 0.0452. The predicted molar refractivity (Wildman–Crippen MR) is 53.2 cm³/mol. The molecule has 0 aromatic carbocycles. The van der Waals surface area contributed by atoms with E-state index in [2.05, 4.69) is 0 Å². The van der Waals surface area contributed by atoms with Crippen molar-refractivity contribution < 1.29 is 19.0 Å². The number of hydrogen-bond acceptors (Lipinski definition) is 4. The quantitative estimate of drug-likeness (QED) is 0.665. The molecule has 4 heteroatoms. The first kappa shape index (κ1) is 10.9. The van der Waals surface area contributed by atoms with Gasteiger partial charge in [-0.05, 0) is 32.1 Å². The third-order valence-electron chi connectivity index (χ3n) is 2.95. The van der Waals surface area contributed by atoms with Crippen LogP contribution in [0.3, 0.4) is 0 Å². The molecular formula is C11H18O4. The van der Waals surface area contributed by atoms with Crippen molar-refractivity contribution in [3.63, 3.8) is 0 Å². The maximum Gasteiger partial charge on any atom is 0.309 e.